The fraction of sp³-hybridized carbons (Fsp3) is 0.615. The van der Waals surface area contributed by atoms with E-state index in [0.717, 1.165) is 6.42 Å². The Hall–Kier alpha value is -0.870. The van der Waals surface area contributed by atoms with Crippen molar-refractivity contribution in [2.45, 2.75) is 45.3 Å². The molecule has 2 atom stereocenters. The van der Waals surface area contributed by atoms with Gasteiger partial charge >= 0.3 is 0 Å². The summed E-state index contributed by atoms with van der Waals surface area (Å²) in [4.78, 5) is 13.0. The topological polar surface area (TPSA) is 49.3 Å². The molecule has 4 heteroatoms. The third-order valence-corrected chi connectivity index (χ3v) is 4.67. The van der Waals surface area contributed by atoms with Crippen LogP contribution in [0, 0.1) is 5.41 Å². The Morgan fingerprint density at radius 1 is 1.65 bits per heavy atom. The zero-order valence-electron chi connectivity index (χ0n) is 10.3. The molecule has 1 heterocycles. The van der Waals surface area contributed by atoms with Crippen LogP contribution in [-0.2, 0) is 11.2 Å². The maximum Gasteiger partial charge on any atom is 0.220 e. The highest BCUT2D eigenvalue weighted by molar-refractivity contribution is 7.09. The number of amides is 1. The van der Waals surface area contributed by atoms with Crippen molar-refractivity contribution in [3.8, 4) is 0 Å². The molecule has 1 saturated carbocycles. The molecule has 0 aromatic carbocycles. The Labute approximate surface area is 106 Å². The SMILES string of the molecule is CC1(C)C(O)CC1NC(=O)CCc1cccs1. The lowest BCUT2D eigenvalue weighted by Crippen LogP contribution is -2.61. The molecule has 17 heavy (non-hydrogen) atoms. The minimum Gasteiger partial charge on any atom is -0.392 e. The van der Waals surface area contributed by atoms with E-state index >= 15 is 0 Å². The molecule has 1 aromatic heterocycles. The average Bonchev–Trinajstić information content (AvgIpc) is 2.79. The van der Waals surface area contributed by atoms with Crippen molar-refractivity contribution in [1.29, 1.82) is 0 Å². The van der Waals surface area contributed by atoms with Gasteiger partial charge in [-0.1, -0.05) is 19.9 Å². The van der Waals surface area contributed by atoms with Crippen LogP contribution in [-0.4, -0.2) is 23.2 Å². The van der Waals surface area contributed by atoms with E-state index in [0.29, 0.717) is 12.8 Å². The summed E-state index contributed by atoms with van der Waals surface area (Å²) in [6.07, 6.45) is 1.73. The highest BCUT2D eigenvalue weighted by atomic mass is 32.1. The number of aliphatic hydroxyl groups excluding tert-OH is 1. The lowest BCUT2D eigenvalue weighted by molar-refractivity contribution is -0.129. The normalized spacial score (nSPS) is 26.3. The summed E-state index contributed by atoms with van der Waals surface area (Å²) < 4.78 is 0. The van der Waals surface area contributed by atoms with Gasteiger partial charge in [0.05, 0.1) is 6.10 Å². The number of aryl methyl sites for hydroxylation is 1. The van der Waals surface area contributed by atoms with Gasteiger partial charge in [-0.3, -0.25) is 4.79 Å². The zero-order valence-corrected chi connectivity index (χ0v) is 11.1. The number of thiophene rings is 1. The quantitative estimate of drug-likeness (QED) is 0.861. The first kappa shape index (κ1) is 12.6. The van der Waals surface area contributed by atoms with Crippen molar-refractivity contribution in [2.24, 2.45) is 5.41 Å². The van der Waals surface area contributed by atoms with Crippen LogP contribution in [0.2, 0.25) is 0 Å². The number of carbonyl (C=O) groups excluding carboxylic acids is 1. The number of hydrogen-bond donors (Lipinski definition) is 2. The second kappa shape index (κ2) is 4.78. The van der Waals surface area contributed by atoms with E-state index in [1.807, 2.05) is 25.3 Å². The van der Waals surface area contributed by atoms with Crippen LogP contribution in [0.15, 0.2) is 17.5 Å². The number of aliphatic hydroxyl groups is 1. The smallest absolute Gasteiger partial charge is 0.220 e. The molecule has 0 spiro atoms. The monoisotopic (exact) mass is 253 g/mol. The number of carbonyl (C=O) groups is 1. The van der Waals surface area contributed by atoms with Gasteiger partial charge in [0.25, 0.3) is 0 Å². The van der Waals surface area contributed by atoms with E-state index in [1.54, 1.807) is 11.3 Å². The van der Waals surface area contributed by atoms with Crippen molar-refractivity contribution in [2.75, 3.05) is 0 Å². The van der Waals surface area contributed by atoms with Gasteiger partial charge in [-0.25, -0.2) is 0 Å². The second-order valence-corrected chi connectivity index (χ2v) is 6.30. The van der Waals surface area contributed by atoms with Crippen molar-refractivity contribution in [3.63, 3.8) is 0 Å². The molecule has 94 valence electrons. The van der Waals surface area contributed by atoms with E-state index in [-0.39, 0.29) is 23.5 Å². The highest BCUT2D eigenvalue weighted by Gasteiger charge is 2.47. The molecule has 2 unspecified atom stereocenters. The van der Waals surface area contributed by atoms with E-state index in [2.05, 4.69) is 11.4 Å². The van der Waals surface area contributed by atoms with Gasteiger partial charge in [-0.05, 0) is 24.3 Å². The summed E-state index contributed by atoms with van der Waals surface area (Å²) in [5, 5.41) is 14.6. The minimum absolute atomic E-state index is 0.0865. The average molecular weight is 253 g/mol. The van der Waals surface area contributed by atoms with Gasteiger partial charge in [-0.15, -0.1) is 11.3 Å². The predicted octanol–water partition coefficient (Wildman–Crippen LogP) is 1.96. The Bertz CT molecular complexity index is 386. The van der Waals surface area contributed by atoms with E-state index in [1.165, 1.54) is 4.88 Å². The summed E-state index contributed by atoms with van der Waals surface area (Å²) >= 11 is 1.68. The molecule has 0 radical (unpaired) electrons. The molecule has 3 nitrogen and oxygen atoms in total. The van der Waals surface area contributed by atoms with E-state index in [9.17, 15) is 9.90 Å². The molecule has 1 fully saturated rings. The fourth-order valence-corrected chi connectivity index (χ4v) is 2.81. The first-order chi connectivity index (χ1) is 8.00. The Kier molecular flexibility index (Phi) is 3.54. The first-order valence-corrected chi connectivity index (χ1v) is 6.88. The molecule has 1 aliphatic rings. The molecule has 1 aromatic rings. The Morgan fingerprint density at radius 2 is 2.41 bits per heavy atom. The van der Waals surface area contributed by atoms with Gasteiger partial charge < -0.3 is 10.4 Å². The first-order valence-electron chi connectivity index (χ1n) is 6.00. The van der Waals surface area contributed by atoms with Crippen LogP contribution in [0.5, 0.6) is 0 Å². The molecule has 2 N–H and O–H groups in total. The summed E-state index contributed by atoms with van der Waals surface area (Å²) in [5.74, 6) is 0.0865. The summed E-state index contributed by atoms with van der Waals surface area (Å²) in [6.45, 7) is 3.98. The fourth-order valence-electron chi connectivity index (χ4n) is 2.11. The maximum absolute atomic E-state index is 11.7. The molecule has 2 rings (SSSR count). The van der Waals surface area contributed by atoms with Crippen molar-refractivity contribution < 1.29 is 9.90 Å². The zero-order chi connectivity index (χ0) is 12.5. The van der Waals surface area contributed by atoms with Crippen LogP contribution < -0.4 is 5.32 Å². The van der Waals surface area contributed by atoms with Gasteiger partial charge in [-0.2, -0.15) is 0 Å². The van der Waals surface area contributed by atoms with Crippen LogP contribution in [0.25, 0.3) is 0 Å². The largest absolute Gasteiger partial charge is 0.392 e. The molecular formula is C13H19NO2S. The third kappa shape index (κ3) is 2.69. The summed E-state index contributed by atoms with van der Waals surface area (Å²) in [5.41, 5.74) is -0.182. The van der Waals surface area contributed by atoms with Crippen LogP contribution in [0.1, 0.15) is 31.6 Å². The molecule has 0 saturated heterocycles. The van der Waals surface area contributed by atoms with Crippen molar-refractivity contribution in [1.82, 2.24) is 5.32 Å². The van der Waals surface area contributed by atoms with E-state index in [4.69, 9.17) is 0 Å². The lowest BCUT2D eigenvalue weighted by atomic mass is 9.64. The predicted molar refractivity (Wildman–Crippen MR) is 69.0 cm³/mol. The van der Waals surface area contributed by atoms with Gasteiger partial charge in [0.15, 0.2) is 0 Å². The molecule has 1 amide bonds. The standard InChI is InChI=1S/C13H19NO2S/c1-13(2)10(8-11(13)15)14-12(16)6-5-9-4-3-7-17-9/h3-4,7,10-11,15H,5-6,8H2,1-2H3,(H,14,16). The van der Waals surface area contributed by atoms with Crippen LogP contribution in [0.3, 0.4) is 0 Å². The minimum atomic E-state index is -0.287. The van der Waals surface area contributed by atoms with Gasteiger partial charge in [0.1, 0.15) is 0 Å². The Balaban J connectivity index is 1.75. The second-order valence-electron chi connectivity index (χ2n) is 5.27. The number of rotatable bonds is 4. The van der Waals surface area contributed by atoms with Crippen LogP contribution >= 0.6 is 11.3 Å². The summed E-state index contributed by atoms with van der Waals surface area (Å²) in [7, 11) is 0. The lowest BCUT2D eigenvalue weighted by Gasteiger charge is -2.49. The number of nitrogens with one attached hydrogen (secondary N) is 1. The van der Waals surface area contributed by atoms with E-state index < -0.39 is 0 Å². The maximum atomic E-state index is 11.7. The molecule has 0 bridgehead atoms. The number of hydrogen-bond acceptors (Lipinski definition) is 3. The summed E-state index contributed by atoms with van der Waals surface area (Å²) in [6, 6.07) is 4.17. The van der Waals surface area contributed by atoms with Gasteiger partial charge in [0.2, 0.25) is 5.91 Å². The van der Waals surface area contributed by atoms with Crippen LogP contribution in [0.4, 0.5) is 0 Å². The third-order valence-electron chi connectivity index (χ3n) is 3.73. The molecule has 1 aliphatic carbocycles. The molecule has 0 aliphatic heterocycles. The highest BCUT2D eigenvalue weighted by Crippen LogP contribution is 2.40. The Morgan fingerprint density at radius 3 is 2.94 bits per heavy atom. The van der Waals surface area contributed by atoms with Gasteiger partial charge in [0, 0.05) is 22.8 Å². The molecular weight excluding hydrogens is 234 g/mol. The van der Waals surface area contributed by atoms with Crippen molar-refractivity contribution >= 4 is 17.2 Å². The van der Waals surface area contributed by atoms with Crippen molar-refractivity contribution in [3.05, 3.63) is 22.4 Å².